The van der Waals surface area contributed by atoms with Gasteiger partial charge >= 0.3 is 0 Å². The van der Waals surface area contributed by atoms with E-state index in [1.807, 2.05) is 0 Å². The lowest BCUT2D eigenvalue weighted by Crippen LogP contribution is -2.62. The number of piperidine rings is 1. The van der Waals surface area contributed by atoms with Crippen molar-refractivity contribution < 1.29 is 17.9 Å². The fourth-order valence-electron chi connectivity index (χ4n) is 3.74. The Bertz CT molecular complexity index is 679. The molecule has 0 aliphatic carbocycles. The summed E-state index contributed by atoms with van der Waals surface area (Å²) in [6, 6.07) is 6.50. The maximum Gasteiger partial charge on any atom is 0.240 e. The number of likely N-dealkylation sites (tertiary alicyclic amines) is 1. The first kappa shape index (κ1) is 19.6. The van der Waals surface area contributed by atoms with Gasteiger partial charge in [-0.25, -0.2) is 13.1 Å². The molecule has 2 aliphatic heterocycles. The van der Waals surface area contributed by atoms with E-state index in [0.717, 1.165) is 39.0 Å². The topological polar surface area (TPSA) is 71.1 Å². The smallest absolute Gasteiger partial charge is 0.240 e. The number of benzene rings is 1. The molecular formula is C18H29N3O4S. The minimum absolute atomic E-state index is 0.143. The van der Waals surface area contributed by atoms with Crippen LogP contribution in [0.3, 0.4) is 0 Å². The molecule has 0 saturated carbocycles. The van der Waals surface area contributed by atoms with Gasteiger partial charge in [0.15, 0.2) is 0 Å². The average molecular weight is 384 g/mol. The molecule has 0 atom stereocenters. The molecule has 0 amide bonds. The Morgan fingerprint density at radius 3 is 2.31 bits per heavy atom. The molecule has 146 valence electrons. The second kappa shape index (κ2) is 8.22. The first-order valence-electron chi connectivity index (χ1n) is 9.10. The number of methoxy groups -OCH3 is 1. The fourth-order valence-corrected chi connectivity index (χ4v) is 4.86. The van der Waals surface area contributed by atoms with Crippen LogP contribution < -0.4 is 9.46 Å². The van der Waals surface area contributed by atoms with E-state index < -0.39 is 10.0 Å². The van der Waals surface area contributed by atoms with Gasteiger partial charge in [0.25, 0.3) is 0 Å². The molecule has 7 nitrogen and oxygen atoms in total. The molecule has 0 radical (unpaired) electrons. The molecule has 0 bridgehead atoms. The Hall–Kier alpha value is -1.19. The SMILES string of the molecule is COc1ccc(S(=O)(=O)NCC2(N3CCOCC3)CCN(C)CC2)cc1. The van der Waals surface area contributed by atoms with Crippen molar-refractivity contribution in [3.63, 3.8) is 0 Å². The second-order valence-corrected chi connectivity index (χ2v) is 8.89. The van der Waals surface area contributed by atoms with Gasteiger partial charge in [-0.2, -0.15) is 0 Å². The summed E-state index contributed by atoms with van der Waals surface area (Å²) in [5.74, 6) is 0.643. The van der Waals surface area contributed by atoms with Gasteiger partial charge in [0.1, 0.15) is 5.75 Å². The van der Waals surface area contributed by atoms with Crippen molar-refractivity contribution in [3.8, 4) is 5.75 Å². The summed E-state index contributed by atoms with van der Waals surface area (Å²) in [5, 5.41) is 0. The third-order valence-electron chi connectivity index (χ3n) is 5.56. The number of rotatable bonds is 6. The standard InChI is InChI=1S/C18H29N3O4S/c1-20-9-7-18(8-10-20,21-11-13-25-14-12-21)15-19-26(22,23)17-5-3-16(24-2)4-6-17/h3-6,19H,7-15H2,1-2H3. The van der Waals surface area contributed by atoms with E-state index in [1.54, 1.807) is 31.4 Å². The van der Waals surface area contributed by atoms with Crippen molar-refractivity contribution in [2.24, 2.45) is 0 Å². The largest absolute Gasteiger partial charge is 0.497 e. The molecule has 3 rings (SSSR count). The van der Waals surface area contributed by atoms with Crippen LogP contribution >= 0.6 is 0 Å². The first-order valence-corrected chi connectivity index (χ1v) is 10.6. The minimum atomic E-state index is -3.55. The number of sulfonamides is 1. The van der Waals surface area contributed by atoms with Gasteiger partial charge < -0.3 is 14.4 Å². The number of hydrogen-bond acceptors (Lipinski definition) is 6. The van der Waals surface area contributed by atoms with Gasteiger partial charge in [0.2, 0.25) is 10.0 Å². The van der Waals surface area contributed by atoms with Crippen LogP contribution in [0, 0.1) is 0 Å². The molecule has 1 aromatic rings. The third-order valence-corrected chi connectivity index (χ3v) is 6.98. The molecule has 2 heterocycles. The predicted molar refractivity (Wildman–Crippen MR) is 100 cm³/mol. The number of morpholine rings is 1. The summed E-state index contributed by atoms with van der Waals surface area (Å²) in [4.78, 5) is 4.99. The molecule has 2 saturated heterocycles. The highest BCUT2D eigenvalue weighted by molar-refractivity contribution is 7.89. The summed E-state index contributed by atoms with van der Waals surface area (Å²) in [6.45, 7) is 5.51. The zero-order valence-corrected chi connectivity index (χ0v) is 16.4. The Labute approximate surface area is 156 Å². The van der Waals surface area contributed by atoms with E-state index in [1.165, 1.54) is 0 Å². The van der Waals surface area contributed by atoms with Crippen LogP contribution in [0.4, 0.5) is 0 Å². The first-order chi connectivity index (χ1) is 12.5. The highest BCUT2D eigenvalue weighted by atomic mass is 32.2. The monoisotopic (exact) mass is 383 g/mol. The van der Waals surface area contributed by atoms with E-state index in [-0.39, 0.29) is 10.4 Å². The Kier molecular flexibility index (Phi) is 6.19. The number of nitrogens with one attached hydrogen (secondary N) is 1. The molecule has 1 aromatic carbocycles. The van der Waals surface area contributed by atoms with Crippen LogP contribution in [0.25, 0.3) is 0 Å². The van der Waals surface area contributed by atoms with Crippen LogP contribution in [-0.4, -0.2) is 83.9 Å². The summed E-state index contributed by atoms with van der Waals surface area (Å²) < 4.78 is 39.0. The van der Waals surface area contributed by atoms with Crippen molar-refractivity contribution in [3.05, 3.63) is 24.3 Å². The summed E-state index contributed by atoms with van der Waals surface area (Å²) in [7, 11) is 0.127. The van der Waals surface area contributed by atoms with E-state index in [9.17, 15) is 8.42 Å². The lowest BCUT2D eigenvalue weighted by atomic mass is 9.85. The third kappa shape index (κ3) is 4.37. The van der Waals surface area contributed by atoms with Crippen LogP contribution in [0.1, 0.15) is 12.8 Å². The van der Waals surface area contributed by atoms with Crippen molar-refractivity contribution in [2.75, 3.05) is 60.1 Å². The summed E-state index contributed by atoms with van der Waals surface area (Å²) in [6.07, 6.45) is 1.91. The predicted octanol–water partition coefficient (Wildman–Crippen LogP) is 0.770. The zero-order chi connectivity index (χ0) is 18.6. The van der Waals surface area contributed by atoms with Gasteiger partial charge in [-0.05, 0) is 57.2 Å². The quantitative estimate of drug-likeness (QED) is 0.783. The average Bonchev–Trinajstić information content (AvgIpc) is 2.69. The van der Waals surface area contributed by atoms with Gasteiger partial charge in [0, 0.05) is 25.2 Å². The zero-order valence-electron chi connectivity index (χ0n) is 15.6. The van der Waals surface area contributed by atoms with Crippen molar-refractivity contribution >= 4 is 10.0 Å². The van der Waals surface area contributed by atoms with Crippen molar-refractivity contribution in [1.82, 2.24) is 14.5 Å². The number of ether oxygens (including phenoxy) is 2. The van der Waals surface area contributed by atoms with E-state index in [2.05, 4.69) is 21.6 Å². The lowest BCUT2D eigenvalue weighted by molar-refractivity contribution is -0.0427. The fraction of sp³-hybridized carbons (Fsp3) is 0.667. The van der Waals surface area contributed by atoms with Crippen LogP contribution in [0.5, 0.6) is 5.75 Å². The second-order valence-electron chi connectivity index (χ2n) is 7.13. The molecular weight excluding hydrogens is 354 g/mol. The number of nitrogens with zero attached hydrogens (tertiary/aromatic N) is 2. The minimum Gasteiger partial charge on any atom is -0.497 e. The van der Waals surface area contributed by atoms with E-state index in [0.29, 0.717) is 25.5 Å². The van der Waals surface area contributed by atoms with Crippen molar-refractivity contribution in [2.45, 2.75) is 23.3 Å². The maximum absolute atomic E-state index is 12.8. The molecule has 1 N–H and O–H groups in total. The normalized spacial score (nSPS) is 22.2. The molecule has 2 aliphatic rings. The Morgan fingerprint density at radius 2 is 1.73 bits per heavy atom. The van der Waals surface area contributed by atoms with Gasteiger partial charge in [-0.1, -0.05) is 0 Å². The van der Waals surface area contributed by atoms with Gasteiger partial charge in [-0.15, -0.1) is 0 Å². The van der Waals surface area contributed by atoms with Gasteiger partial charge in [-0.3, -0.25) is 4.90 Å². The Morgan fingerprint density at radius 1 is 1.12 bits per heavy atom. The Balaban J connectivity index is 1.73. The van der Waals surface area contributed by atoms with E-state index >= 15 is 0 Å². The molecule has 0 spiro atoms. The number of hydrogen-bond donors (Lipinski definition) is 1. The van der Waals surface area contributed by atoms with Crippen LogP contribution in [-0.2, 0) is 14.8 Å². The molecule has 0 unspecified atom stereocenters. The molecule has 2 fully saturated rings. The highest BCUT2D eigenvalue weighted by Crippen LogP contribution is 2.29. The summed E-state index contributed by atoms with van der Waals surface area (Å²) in [5.41, 5.74) is -0.143. The highest BCUT2D eigenvalue weighted by Gasteiger charge is 2.40. The lowest BCUT2D eigenvalue weighted by Gasteiger charge is -2.49. The van der Waals surface area contributed by atoms with Crippen LogP contribution in [0.15, 0.2) is 29.2 Å². The van der Waals surface area contributed by atoms with Gasteiger partial charge in [0.05, 0.1) is 25.2 Å². The van der Waals surface area contributed by atoms with Crippen LogP contribution in [0.2, 0.25) is 0 Å². The molecule has 0 aromatic heterocycles. The van der Waals surface area contributed by atoms with E-state index in [4.69, 9.17) is 9.47 Å². The maximum atomic E-state index is 12.8. The molecule has 8 heteroatoms. The summed E-state index contributed by atoms with van der Waals surface area (Å²) >= 11 is 0. The van der Waals surface area contributed by atoms with Crippen molar-refractivity contribution in [1.29, 1.82) is 0 Å². The molecule has 26 heavy (non-hydrogen) atoms.